The van der Waals surface area contributed by atoms with Crippen molar-refractivity contribution in [3.8, 4) is 0 Å². The first kappa shape index (κ1) is 45.0. The number of benzene rings is 1. The molecule has 16 heteroatoms. The summed E-state index contributed by atoms with van der Waals surface area (Å²) in [4.78, 5) is 57.5. The normalized spacial score (nSPS) is 28.8. The molecule has 8 N–H and O–H groups in total. The van der Waals surface area contributed by atoms with E-state index in [1.54, 1.807) is 30.5 Å². The molecule has 3 aromatic rings. The van der Waals surface area contributed by atoms with E-state index in [0.717, 1.165) is 43.4 Å². The summed E-state index contributed by atoms with van der Waals surface area (Å²) in [6.07, 6.45) is 12.0. The molecule has 7 rings (SSSR count). The topological polar surface area (TPSA) is 241 Å². The highest BCUT2D eigenvalue weighted by atomic mass is 16.5. The summed E-state index contributed by atoms with van der Waals surface area (Å²) in [6.45, 7) is 9.65. The minimum atomic E-state index is -1.59. The van der Waals surface area contributed by atoms with E-state index < -0.39 is 22.5 Å². The van der Waals surface area contributed by atoms with E-state index in [-0.39, 0.29) is 53.0 Å². The van der Waals surface area contributed by atoms with Gasteiger partial charge in [-0.15, -0.1) is 0 Å². The van der Waals surface area contributed by atoms with Gasteiger partial charge in [0.1, 0.15) is 0 Å². The number of hydrogen-bond donors (Lipinski definition) is 6. The van der Waals surface area contributed by atoms with Crippen molar-refractivity contribution in [3.05, 3.63) is 65.5 Å². The first-order chi connectivity index (χ1) is 29.7. The molecule has 0 saturated heterocycles. The number of aromatic nitrogens is 4. The molecule has 62 heavy (non-hydrogen) atoms. The summed E-state index contributed by atoms with van der Waals surface area (Å²) in [5.41, 5.74) is 12.8. The van der Waals surface area contributed by atoms with Gasteiger partial charge in [-0.2, -0.15) is 9.97 Å². The maximum absolute atomic E-state index is 13.8. The number of ether oxygens (including phenoxy) is 2. The van der Waals surface area contributed by atoms with Crippen molar-refractivity contribution in [3.63, 3.8) is 0 Å². The molecule has 1 aromatic carbocycles. The average molecular weight is 854 g/mol. The molecule has 4 aliphatic rings. The summed E-state index contributed by atoms with van der Waals surface area (Å²) in [6, 6.07) is 7.33. The number of carbonyl (C=O) groups excluding carboxylic acids is 3. The van der Waals surface area contributed by atoms with E-state index in [1.807, 2.05) is 44.0 Å². The lowest BCUT2D eigenvalue weighted by Gasteiger charge is -2.59. The van der Waals surface area contributed by atoms with Gasteiger partial charge in [-0.1, -0.05) is 32.4 Å². The van der Waals surface area contributed by atoms with Gasteiger partial charge in [-0.3, -0.25) is 14.4 Å². The van der Waals surface area contributed by atoms with Crippen LogP contribution in [0.2, 0.25) is 0 Å². The first-order valence-electron chi connectivity index (χ1n) is 22.1. The van der Waals surface area contributed by atoms with Gasteiger partial charge in [-0.25, -0.2) is 9.97 Å². The smallest absolute Gasteiger partial charge is 0.252 e. The number of fused-ring (bicyclic) bond motifs is 6. The number of nitrogens with two attached hydrogens (primary N) is 2. The fourth-order valence-electron chi connectivity index (χ4n) is 11.0. The summed E-state index contributed by atoms with van der Waals surface area (Å²) in [5.74, 6) is -0.344. The predicted octanol–water partition coefficient (Wildman–Crippen LogP) is 3.92. The number of amides is 2. The second kappa shape index (κ2) is 18.8. The summed E-state index contributed by atoms with van der Waals surface area (Å²) >= 11 is 0. The Hall–Kier alpha value is -5.03. The molecule has 0 aliphatic heterocycles. The van der Waals surface area contributed by atoms with Crippen molar-refractivity contribution in [2.24, 2.45) is 34.5 Å². The Balaban J connectivity index is 0.729. The Bertz CT molecular complexity index is 2190. The van der Waals surface area contributed by atoms with Crippen LogP contribution in [0.15, 0.2) is 54.3 Å². The highest BCUT2D eigenvalue weighted by Gasteiger charge is 2.70. The first-order valence-corrected chi connectivity index (χ1v) is 22.1. The van der Waals surface area contributed by atoms with E-state index in [0.29, 0.717) is 87.7 Å². The average Bonchev–Trinajstić information content (AvgIpc) is 3.45. The summed E-state index contributed by atoms with van der Waals surface area (Å²) in [5, 5.41) is 29.8. The van der Waals surface area contributed by atoms with Gasteiger partial charge in [-0.05, 0) is 106 Å². The van der Waals surface area contributed by atoms with Gasteiger partial charge < -0.3 is 46.7 Å². The number of anilines is 3. The minimum Gasteiger partial charge on any atom is -0.393 e. The predicted molar refractivity (Wildman–Crippen MR) is 235 cm³/mol. The zero-order valence-corrected chi connectivity index (χ0v) is 36.4. The molecule has 2 heterocycles. The van der Waals surface area contributed by atoms with E-state index in [9.17, 15) is 24.6 Å². The molecule has 4 aliphatic carbocycles. The zero-order valence-electron chi connectivity index (χ0n) is 36.4. The van der Waals surface area contributed by atoms with E-state index in [2.05, 4.69) is 37.5 Å². The lowest BCUT2D eigenvalue weighted by molar-refractivity contribution is -0.183. The van der Waals surface area contributed by atoms with Crippen molar-refractivity contribution in [2.45, 2.75) is 90.4 Å². The molecule has 2 amide bonds. The largest absolute Gasteiger partial charge is 0.393 e. The Morgan fingerprint density at radius 2 is 1.65 bits per heavy atom. The zero-order chi connectivity index (χ0) is 44.2. The summed E-state index contributed by atoms with van der Waals surface area (Å²) in [7, 11) is 1.92. The molecule has 8 atom stereocenters. The molecule has 16 nitrogen and oxygen atoms in total. The van der Waals surface area contributed by atoms with Gasteiger partial charge in [0.25, 0.3) is 11.8 Å². The number of allylic oxidation sites excluding steroid dienone is 4. The van der Waals surface area contributed by atoms with Gasteiger partial charge >= 0.3 is 0 Å². The molecular formula is C46H63N9O7. The Labute approximate surface area is 363 Å². The maximum atomic E-state index is 13.8. The lowest BCUT2D eigenvalue weighted by atomic mass is 9.46. The maximum Gasteiger partial charge on any atom is 0.252 e. The van der Waals surface area contributed by atoms with Crippen LogP contribution in [-0.4, -0.2) is 106 Å². The van der Waals surface area contributed by atoms with Gasteiger partial charge in [0.15, 0.2) is 28.4 Å². The lowest BCUT2D eigenvalue weighted by Crippen LogP contribution is -2.64. The van der Waals surface area contributed by atoms with Crippen LogP contribution in [0, 0.1) is 34.5 Å². The van der Waals surface area contributed by atoms with E-state index in [4.69, 9.17) is 20.9 Å². The van der Waals surface area contributed by atoms with Gasteiger partial charge in [0, 0.05) is 74.6 Å². The Morgan fingerprint density at radius 1 is 0.968 bits per heavy atom. The fourth-order valence-corrected chi connectivity index (χ4v) is 11.0. The van der Waals surface area contributed by atoms with Crippen LogP contribution in [0.25, 0.3) is 11.2 Å². The fraction of sp³-hybridized carbons (Fsp3) is 0.587. The SMILES string of the molecule is C[C@@H]1CC2C3CCC4=CC(=O)C=C[C@]4(C)C3C(O)C[C@]2(C)[C@@]1(O)C(=O)NCCCOCCCCOCCCNC(=O)c1ccc(N(C)Cc2cnc3nc(N)nc(N)c3n2)cc1. The molecule has 2 aromatic heterocycles. The van der Waals surface area contributed by atoms with Crippen LogP contribution in [-0.2, 0) is 25.6 Å². The monoisotopic (exact) mass is 853 g/mol. The minimum absolute atomic E-state index is 0.00337. The van der Waals surface area contributed by atoms with Crippen LogP contribution in [0.4, 0.5) is 17.5 Å². The van der Waals surface area contributed by atoms with Crippen molar-refractivity contribution >= 4 is 46.2 Å². The number of rotatable bonds is 18. The van der Waals surface area contributed by atoms with Crippen LogP contribution in [0.3, 0.4) is 0 Å². The number of hydrogen-bond acceptors (Lipinski definition) is 14. The Kier molecular flexibility index (Phi) is 13.6. The van der Waals surface area contributed by atoms with Crippen LogP contribution < -0.4 is 27.0 Å². The number of nitrogens with zero attached hydrogens (tertiary/aromatic N) is 5. The quantitative estimate of drug-likeness (QED) is 0.0995. The van der Waals surface area contributed by atoms with Gasteiger partial charge in [0.05, 0.1) is 24.5 Å². The molecule has 0 bridgehead atoms. The van der Waals surface area contributed by atoms with Crippen molar-refractivity contribution in [1.29, 1.82) is 0 Å². The second-order valence-corrected chi connectivity index (χ2v) is 18.2. The van der Waals surface area contributed by atoms with Crippen molar-refractivity contribution < 1.29 is 34.1 Å². The molecule has 0 radical (unpaired) electrons. The molecular weight excluding hydrogens is 791 g/mol. The number of aliphatic hydroxyl groups excluding tert-OH is 1. The van der Waals surface area contributed by atoms with E-state index >= 15 is 0 Å². The van der Waals surface area contributed by atoms with Crippen LogP contribution in [0.5, 0.6) is 0 Å². The number of nitrogen functional groups attached to an aromatic ring is 2. The number of ketones is 1. The highest BCUT2D eigenvalue weighted by Crippen LogP contribution is 2.68. The van der Waals surface area contributed by atoms with Crippen LogP contribution >= 0.6 is 0 Å². The molecule has 4 unspecified atom stereocenters. The Morgan fingerprint density at radius 3 is 2.35 bits per heavy atom. The standard InChI is InChI=1S/C46H63N9O7/c1-28-23-35-34-14-11-30-24-33(56)15-16-44(30,2)37(34)36(57)25-45(35,3)46(28,60)42(59)50-18-8-22-62-20-6-5-19-61-21-7-17-49-41(58)29-9-12-32(13-10-29)55(4)27-31-26-51-40-38(52-31)39(47)53-43(48)54-40/h9-10,12-13,15-16,24,26,28,34-37,57,60H,5-8,11,14,17-23,25,27H2,1-4H3,(H,49,58)(H,50,59)(H4,47,48,51,53,54)/t28-,34?,35?,36?,37?,44+,45+,46+/m1/s1. The number of unbranched alkanes of at least 4 members (excludes halogenated alkanes) is 1. The highest BCUT2D eigenvalue weighted by molar-refractivity contribution is 6.01. The third kappa shape index (κ3) is 8.92. The number of nitrogens with one attached hydrogen (secondary N) is 2. The van der Waals surface area contributed by atoms with Crippen LogP contribution in [0.1, 0.15) is 88.2 Å². The van der Waals surface area contributed by atoms with Gasteiger partial charge in [0.2, 0.25) is 5.95 Å². The molecule has 3 saturated carbocycles. The number of aliphatic hydroxyl groups is 2. The third-order valence-corrected chi connectivity index (χ3v) is 14.2. The second-order valence-electron chi connectivity index (χ2n) is 18.2. The molecule has 334 valence electrons. The van der Waals surface area contributed by atoms with E-state index in [1.165, 1.54) is 0 Å². The molecule has 3 fully saturated rings. The summed E-state index contributed by atoms with van der Waals surface area (Å²) < 4.78 is 11.6. The third-order valence-electron chi connectivity index (χ3n) is 14.2. The van der Waals surface area contributed by atoms with Crippen molar-refractivity contribution in [1.82, 2.24) is 30.6 Å². The molecule has 0 spiro atoms. The van der Waals surface area contributed by atoms with Crippen molar-refractivity contribution in [2.75, 3.05) is 62.9 Å². The number of carbonyl (C=O) groups is 3.